The Balaban J connectivity index is 1.75. The van der Waals surface area contributed by atoms with Crippen LogP contribution in [0.15, 0.2) is 33.9 Å². The van der Waals surface area contributed by atoms with E-state index in [-0.39, 0.29) is 10.8 Å². The molecule has 3 rings (SSSR count). The summed E-state index contributed by atoms with van der Waals surface area (Å²) in [7, 11) is -2.08. The van der Waals surface area contributed by atoms with E-state index in [1.54, 1.807) is 11.4 Å². The molecule has 0 saturated carbocycles. The fourth-order valence-electron chi connectivity index (χ4n) is 2.33. The van der Waals surface area contributed by atoms with Gasteiger partial charge in [0.25, 0.3) is 10.0 Å². The molecule has 0 atom stereocenters. The van der Waals surface area contributed by atoms with E-state index in [2.05, 4.69) is 10.0 Å². The van der Waals surface area contributed by atoms with Gasteiger partial charge in [-0.25, -0.2) is 13.1 Å². The number of thiophene rings is 1. The molecule has 0 saturated heterocycles. The van der Waals surface area contributed by atoms with Crippen molar-refractivity contribution in [1.29, 1.82) is 0 Å². The van der Waals surface area contributed by atoms with Crippen LogP contribution in [0.5, 0.6) is 5.75 Å². The van der Waals surface area contributed by atoms with Crippen LogP contribution < -0.4 is 14.8 Å². The Bertz CT molecular complexity index is 753. The predicted octanol–water partition coefficient (Wildman–Crippen LogP) is 1.84. The first-order valence-electron chi connectivity index (χ1n) is 6.53. The van der Waals surface area contributed by atoms with Crippen molar-refractivity contribution in [1.82, 2.24) is 10.0 Å². The summed E-state index contributed by atoms with van der Waals surface area (Å²) < 4.78 is 32.5. The highest BCUT2D eigenvalue weighted by molar-refractivity contribution is 7.91. The molecule has 0 spiro atoms. The van der Waals surface area contributed by atoms with E-state index in [1.165, 1.54) is 18.2 Å². The van der Waals surface area contributed by atoms with E-state index in [4.69, 9.17) is 4.74 Å². The third-order valence-corrected chi connectivity index (χ3v) is 6.28. The second kappa shape index (κ2) is 5.76. The van der Waals surface area contributed by atoms with Gasteiger partial charge in [-0.3, -0.25) is 0 Å². The van der Waals surface area contributed by atoms with Crippen molar-refractivity contribution in [3.63, 3.8) is 0 Å². The minimum absolute atomic E-state index is 0.216. The number of nitrogens with one attached hydrogen (secondary N) is 2. The van der Waals surface area contributed by atoms with Crippen molar-refractivity contribution >= 4 is 21.4 Å². The van der Waals surface area contributed by atoms with Crippen LogP contribution in [0, 0.1) is 0 Å². The maximum atomic E-state index is 12.3. The number of hydrogen-bond donors (Lipinski definition) is 2. The molecular weight excluding hydrogens is 308 g/mol. The van der Waals surface area contributed by atoms with Crippen LogP contribution in [0.4, 0.5) is 0 Å². The molecule has 2 heterocycles. The van der Waals surface area contributed by atoms with Crippen molar-refractivity contribution in [2.45, 2.75) is 23.8 Å². The monoisotopic (exact) mass is 324 g/mol. The van der Waals surface area contributed by atoms with Gasteiger partial charge in [0.05, 0.1) is 7.11 Å². The third kappa shape index (κ3) is 2.96. The second-order valence-electron chi connectivity index (χ2n) is 4.81. The van der Waals surface area contributed by atoms with E-state index in [1.807, 2.05) is 18.2 Å². The molecule has 0 aliphatic carbocycles. The van der Waals surface area contributed by atoms with Gasteiger partial charge in [0.1, 0.15) is 5.75 Å². The van der Waals surface area contributed by atoms with Gasteiger partial charge >= 0.3 is 0 Å². The number of sulfonamides is 1. The topological polar surface area (TPSA) is 67.4 Å². The largest absolute Gasteiger partial charge is 0.494 e. The average molecular weight is 324 g/mol. The number of benzene rings is 1. The Morgan fingerprint density at radius 1 is 1.29 bits per heavy atom. The molecule has 1 aliphatic heterocycles. The molecule has 7 heteroatoms. The molecule has 0 fully saturated rings. The lowest BCUT2D eigenvalue weighted by molar-refractivity contribution is 0.406. The first-order chi connectivity index (χ1) is 10.1. The van der Waals surface area contributed by atoms with Gasteiger partial charge < -0.3 is 10.1 Å². The fourth-order valence-corrected chi connectivity index (χ4v) is 4.67. The summed E-state index contributed by atoms with van der Waals surface area (Å²) in [5.41, 5.74) is 3.47. The highest BCUT2D eigenvalue weighted by atomic mass is 32.2. The van der Waals surface area contributed by atoms with Crippen LogP contribution in [0.25, 0.3) is 0 Å². The zero-order valence-corrected chi connectivity index (χ0v) is 13.2. The maximum Gasteiger partial charge on any atom is 0.254 e. The molecular formula is C14H16N2O3S2. The highest BCUT2D eigenvalue weighted by Gasteiger charge is 2.21. The summed E-state index contributed by atoms with van der Waals surface area (Å²) in [5.74, 6) is 0.380. The van der Waals surface area contributed by atoms with E-state index in [0.717, 1.165) is 30.0 Å². The van der Waals surface area contributed by atoms with Gasteiger partial charge in [-0.1, -0.05) is 18.2 Å². The first-order valence-corrected chi connectivity index (χ1v) is 8.89. The number of rotatable bonds is 5. The standard InChI is InChI=1S/C14H16N2O3S2/c1-19-13-4-5-20-14(13)21(17,18)16-7-10-2-3-11-8-15-9-12(11)6-10/h2-6,15-16H,7-9H2,1H3. The molecule has 112 valence electrons. The normalized spacial score (nSPS) is 14.1. The molecule has 2 aromatic rings. The van der Waals surface area contributed by atoms with Gasteiger partial charge in [-0.2, -0.15) is 0 Å². The Kier molecular flexibility index (Phi) is 3.99. The van der Waals surface area contributed by atoms with Crippen molar-refractivity contribution in [2.24, 2.45) is 0 Å². The Labute approximate surface area is 128 Å². The molecule has 21 heavy (non-hydrogen) atoms. The molecule has 2 N–H and O–H groups in total. The Morgan fingerprint density at radius 2 is 2.10 bits per heavy atom. The summed E-state index contributed by atoms with van der Waals surface area (Å²) >= 11 is 1.15. The number of hydrogen-bond acceptors (Lipinski definition) is 5. The van der Waals surface area contributed by atoms with Crippen molar-refractivity contribution in [2.75, 3.05) is 7.11 Å². The van der Waals surface area contributed by atoms with Crippen LogP contribution in [-0.2, 0) is 29.7 Å². The van der Waals surface area contributed by atoms with Crippen LogP contribution in [0.1, 0.15) is 16.7 Å². The maximum absolute atomic E-state index is 12.3. The Morgan fingerprint density at radius 3 is 2.90 bits per heavy atom. The van der Waals surface area contributed by atoms with Crippen LogP contribution in [-0.4, -0.2) is 15.5 Å². The van der Waals surface area contributed by atoms with Gasteiger partial charge in [-0.15, -0.1) is 11.3 Å². The summed E-state index contributed by atoms with van der Waals surface area (Å²) in [5, 5.41) is 4.97. The van der Waals surface area contributed by atoms with Crippen molar-refractivity contribution in [3.05, 3.63) is 46.3 Å². The van der Waals surface area contributed by atoms with E-state index >= 15 is 0 Å². The summed E-state index contributed by atoms with van der Waals surface area (Å²) in [4.78, 5) is 0. The minimum atomic E-state index is -3.54. The number of ether oxygens (including phenoxy) is 1. The smallest absolute Gasteiger partial charge is 0.254 e. The number of methoxy groups -OCH3 is 1. The highest BCUT2D eigenvalue weighted by Crippen LogP contribution is 2.29. The summed E-state index contributed by atoms with van der Waals surface area (Å²) in [6.45, 7) is 2.00. The summed E-state index contributed by atoms with van der Waals surface area (Å²) in [6, 6.07) is 7.70. The molecule has 5 nitrogen and oxygen atoms in total. The quantitative estimate of drug-likeness (QED) is 0.881. The lowest BCUT2D eigenvalue weighted by atomic mass is 10.1. The van der Waals surface area contributed by atoms with Gasteiger partial charge in [0, 0.05) is 19.6 Å². The van der Waals surface area contributed by atoms with Crippen LogP contribution in [0.3, 0.4) is 0 Å². The van der Waals surface area contributed by atoms with Crippen LogP contribution >= 0.6 is 11.3 Å². The van der Waals surface area contributed by atoms with Gasteiger partial charge in [-0.05, 0) is 28.1 Å². The molecule has 0 bridgehead atoms. The molecule has 0 unspecified atom stereocenters. The number of fused-ring (bicyclic) bond motifs is 1. The average Bonchev–Trinajstić information content (AvgIpc) is 3.13. The van der Waals surface area contributed by atoms with Crippen molar-refractivity contribution in [3.8, 4) is 5.75 Å². The molecule has 1 aromatic carbocycles. The van der Waals surface area contributed by atoms with E-state index in [0.29, 0.717) is 5.75 Å². The molecule has 0 amide bonds. The Hall–Kier alpha value is -1.41. The van der Waals surface area contributed by atoms with Gasteiger partial charge in [0.2, 0.25) is 0 Å². The fraction of sp³-hybridized carbons (Fsp3) is 0.286. The van der Waals surface area contributed by atoms with E-state index < -0.39 is 10.0 Å². The third-order valence-electron chi connectivity index (χ3n) is 3.43. The summed E-state index contributed by atoms with van der Waals surface area (Å²) in [6.07, 6.45) is 0. The lowest BCUT2D eigenvalue weighted by Crippen LogP contribution is -2.22. The lowest BCUT2D eigenvalue weighted by Gasteiger charge is -2.08. The minimum Gasteiger partial charge on any atom is -0.494 e. The molecule has 0 radical (unpaired) electrons. The van der Waals surface area contributed by atoms with Crippen molar-refractivity contribution < 1.29 is 13.2 Å². The van der Waals surface area contributed by atoms with Crippen LogP contribution in [0.2, 0.25) is 0 Å². The zero-order valence-electron chi connectivity index (χ0n) is 11.5. The predicted molar refractivity (Wildman–Crippen MR) is 81.9 cm³/mol. The molecule has 1 aliphatic rings. The SMILES string of the molecule is COc1ccsc1S(=O)(=O)NCc1ccc2c(c1)CNC2. The first kappa shape index (κ1) is 14.5. The van der Waals surface area contributed by atoms with Gasteiger partial charge in [0.15, 0.2) is 4.21 Å². The van der Waals surface area contributed by atoms with E-state index in [9.17, 15) is 8.42 Å². The second-order valence-corrected chi connectivity index (χ2v) is 7.69. The molecule has 1 aromatic heterocycles. The zero-order chi connectivity index (χ0) is 14.9.